The van der Waals surface area contributed by atoms with Crippen molar-refractivity contribution in [3.8, 4) is 0 Å². The fourth-order valence-electron chi connectivity index (χ4n) is 3.21. The van der Waals surface area contributed by atoms with Crippen molar-refractivity contribution in [3.63, 3.8) is 0 Å². The number of rotatable bonds is 9. The van der Waals surface area contributed by atoms with Gasteiger partial charge in [-0.25, -0.2) is 0 Å². The van der Waals surface area contributed by atoms with E-state index in [4.69, 9.17) is 5.11 Å². The SMILES string of the molecule is CCCNC1CCCCCC1CN(CC)CCCO. The van der Waals surface area contributed by atoms with Crippen LogP contribution in [0, 0.1) is 5.92 Å². The van der Waals surface area contributed by atoms with Gasteiger partial charge in [0.1, 0.15) is 0 Å². The molecular formula is C16H34N2O. The molecule has 0 heterocycles. The average Bonchev–Trinajstić information content (AvgIpc) is 2.66. The van der Waals surface area contributed by atoms with E-state index in [9.17, 15) is 0 Å². The van der Waals surface area contributed by atoms with Gasteiger partial charge in [0.25, 0.3) is 0 Å². The summed E-state index contributed by atoms with van der Waals surface area (Å²) in [6, 6.07) is 0.714. The summed E-state index contributed by atoms with van der Waals surface area (Å²) in [4.78, 5) is 2.52. The van der Waals surface area contributed by atoms with Crippen molar-refractivity contribution in [2.45, 2.75) is 64.8 Å². The van der Waals surface area contributed by atoms with Crippen molar-refractivity contribution in [2.24, 2.45) is 5.92 Å². The Balaban J connectivity index is 2.47. The van der Waals surface area contributed by atoms with Crippen LogP contribution in [0.2, 0.25) is 0 Å². The third kappa shape index (κ3) is 6.73. The van der Waals surface area contributed by atoms with Gasteiger partial charge in [-0.3, -0.25) is 0 Å². The lowest BCUT2D eigenvalue weighted by Crippen LogP contribution is -2.42. The molecule has 1 aliphatic carbocycles. The van der Waals surface area contributed by atoms with E-state index in [0.717, 1.165) is 32.0 Å². The minimum absolute atomic E-state index is 0.318. The molecule has 2 N–H and O–H groups in total. The highest BCUT2D eigenvalue weighted by molar-refractivity contribution is 4.81. The fraction of sp³-hybridized carbons (Fsp3) is 1.00. The van der Waals surface area contributed by atoms with Crippen molar-refractivity contribution in [2.75, 3.05) is 32.8 Å². The largest absolute Gasteiger partial charge is 0.396 e. The molecule has 0 saturated heterocycles. The molecule has 1 fully saturated rings. The zero-order valence-electron chi connectivity index (χ0n) is 13.0. The summed E-state index contributed by atoms with van der Waals surface area (Å²) in [5.74, 6) is 0.799. The predicted octanol–water partition coefficient (Wildman–Crippen LogP) is 2.64. The maximum Gasteiger partial charge on any atom is 0.0443 e. The zero-order chi connectivity index (χ0) is 13.9. The summed E-state index contributed by atoms with van der Waals surface area (Å²) in [5, 5.41) is 12.8. The van der Waals surface area contributed by atoms with Crippen LogP contribution in [0.1, 0.15) is 58.8 Å². The first-order chi connectivity index (χ1) is 9.31. The molecule has 3 nitrogen and oxygen atoms in total. The van der Waals surface area contributed by atoms with Crippen LogP contribution in [0.4, 0.5) is 0 Å². The Morgan fingerprint density at radius 3 is 2.63 bits per heavy atom. The second kappa shape index (κ2) is 10.6. The molecule has 0 aliphatic heterocycles. The number of nitrogens with one attached hydrogen (secondary N) is 1. The van der Waals surface area contributed by atoms with Crippen LogP contribution < -0.4 is 5.32 Å². The van der Waals surface area contributed by atoms with Crippen LogP contribution in [0.25, 0.3) is 0 Å². The topological polar surface area (TPSA) is 35.5 Å². The molecule has 0 aromatic rings. The summed E-state index contributed by atoms with van der Waals surface area (Å²) >= 11 is 0. The van der Waals surface area contributed by atoms with Gasteiger partial charge in [0.15, 0.2) is 0 Å². The highest BCUT2D eigenvalue weighted by atomic mass is 16.3. The third-order valence-electron chi connectivity index (χ3n) is 4.39. The molecular weight excluding hydrogens is 236 g/mol. The number of hydrogen-bond acceptors (Lipinski definition) is 3. The van der Waals surface area contributed by atoms with E-state index in [1.54, 1.807) is 0 Å². The first-order valence-electron chi connectivity index (χ1n) is 8.38. The number of aliphatic hydroxyl groups is 1. The summed E-state index contributed by atoms with van der Waals surface area (Å²) in [6.07, 6.45) is 9.05. The normalized spacial score (nSPS) is 24.6. The van der Waals surface area contributed by atoms with Gasteiger partial charge in [-0.2, -0.15) is 0 Å². The van der Waals surface area contributed by atoms with E-state index in [1.807, 2.05) is 0 Å². The molecule has 2 unspecified atom stereocenters. The molecule has 0 aromatic carbocycles. The highest BCUT2D eigenvalue weighted by Crippen LogP contribution is 2.24. The van der Waals surface area contributed by atoms with Crippen molar-refractivity contribution in [3.05, 3.63) is 0 Å². The Hall–Kier alpha value is -0.120. The van der Waals surface area contributed by atoms with E-state index in [1.165, 1.54) is 45.1 Å². The van der Waals surface area contributed by atoms with Gasteiger partial charge >= 0.3 is 0 Å². The summed E-state index contributed by atoms with van der Waals surface area (Å²) in [6.45, 7) is 9.32. The van der Waals surface area contributed by atoms with Crippen LogP contribution >= 0.6 is 0 Å². The van der Waals surface area contributed by atoms with Crippen molar-refractivity contribution in [1.29, 1.82) is 0 Å². The molecule has 1 rings (SSSR count). The zero-order valence-corrected chi connectivity index (χ0v) is 13.0. The van der Waals surface area contributed by atoms with Crippen LogP contribution in [0.15, 0.2) is 0 Å². The molecule has 114 valence electrons. The quantitative estimate of drug-likeness (QED) is 0.632. The standard InChI is InChI=1S/C16H34N2O/c1-3-11-17-16-10-7-5-6-9-15(16)14-18(4-2)12-8-13-19/h15-17,19H,3-14H2,1-2H3. The van der Waals surface area contributed by atoms with Gasteiger partial charge < -0.3 is 15.3 Å². The third-order valence-corrected chi connectivity index (χ3v) is 4.39. The minimum atomic E-state index is 0.318. The van der Waals surface area contributed by atoms with Gasteiger partial charge in [-0.1, -0.05) is 33.1 Å². The fourth-order valence-corrected chi connectivity index (χ4v) is 3.21. The lowest BCUT2D eigenvalue weighted by Gasteiger charge is -2.31. The smallest absolute Gasteiger partial charge is 0.0443 e. The van der Waals surface area contributed by atoms with Gasteiger partial charge in [0, 0.05) is 25.7 Å². The molecule has 19 heavy (non-hydrogen) atoms. The molecule has 0 aromatic heterocycles. The van der Waals surface area contributed by atoms with Crippen LogP contribution in [0.3, 0.4) is 0 Å². The maximum atomic E-state index is 8.99. The maximum absolute atomic E-state index is 8.99. The lowest BCUT2D eigenvalue weighted by atomic mass is 9.93. The monoisotopic (exact) mass is 270 g/mol. The van der Waals surface area contributed by atoms with E-state index in [-0.39, 0.29) is 0 Å². The molecule has 2 atom stereocenters. The molecule has 0 spiro atoms. The molecule has 0 amide bonds. The first kappa shape index (κ1) is 16.9. The lowest BCUT2D eigenvalue weighted by molar-refractivity contribution is 0.182. The summed E-state index contributed by atoms with van der Waals surface area (Å²) in [7, 11) is 0. The predicted molar refractivity (Wildman–Crippen MR) is 82.5 cm³/mol. The Labute approximate surface area is 119 Å². The summed E-state index contributed by atoms with van der Waals surface area (Å²) < 4.78 is 0. The molecule has 3 heteroatoms. The number of aliphatic hydroxyl groups excluding tert-OH is 1. The van der Waals surface area contributed by atoms with Gasteiger partial charge in [0.05, 0.1) is 0 Å². The Kier molecular flexibility index (Phi) is 9.48. The minimum Gasteiger partial charge on any atom is -0.396 e. The Morgan fingerprint density at radius 1 is 1.16 bits per heavy atom. The van der Waals surface area contributed by atoms with Crippen molar-refractivity contribution < 1.29 is 5.11 Å². The highest BCUT2D eigenvalue weighted by Gasteiger charge is 2.24. The molecule has 0 bridgehead atoms. The second-order valence-electron chi connectivity index (χ2n) is 5.93. The van der Waals surface area contributed by atoms with Gasteiger partial charge in [-0.15, -0.1) is 0 Å². The van der Waals surface area contributed by atoms with Gasteiger partial charge in [-0.05, 0) is 44.7 Å². The Morgan fingerprint density at radius 2 is 1.95 bits per heavy atom. The van der Waals surface area contributed by atoms with E-state index in [2.05, 4.69) is 24.1 Å². The average molecular weight is 270 g/mol. The van der Waals surface area contributed by atoms with Crippen molar-refractivity contribution in [1.82, 2.24) is 10.2 Å². The Bertz CT molecular complexity index is 211. The second-order valence-corrected chi connectivity index (χ2v) is 5.93. The first-order valence-corrected chi connectivity index (χ1v) is 8.38. The van der Waals surface area contributed by atoms with Gasteiger partial charge in [0.2, 0.25) is 0 Å². The van der Waals surface area contributed by atoms with Crippen LogP contribution in [-0.4, -0.2) is 48.8 Å². The van der Waals surface area contributed by atoms with E-state index < -0.39 is 0 Å². The molecule has 1 saturated carbocycles. The molecule has 1 aliphatic rings. The number of nitrogens with zero attached hydrogens (tertiary/aromatic N) is 1. The number of hydrogen-bond donors (Lipinski definition) is 2. The summed E-state index contributed by atoms with van der Waals surface area (Å²) in [5.41, 5.74) is 0. The van der Waals surface area contributed by atoms with Crippen LogP contribution in [-0.2, 0) is 0 Å². The van der Waals surface area contributed by atoms with Crippen LogP contribution in [0.5, 0.6) is 0 Å². The molecule has 0 radical (unpaired) electrons. The van der Waals surface area contributed by atoms with Crippen molar-refractivity contribution >= 4 is 0 Å². The van der Waals surface area contributed by atoms with E-state index in [0.29, 0.717) is 12.6 Å². The van der Waals surface area contributed by atoms with E-state index >= 15 is 0 Å².